The number of amides is 1. The number of aromatic nitrogens is 2. The number of thiophene rings is 1. The summed E-state index contributed by atoms with van der Waals surface area (Å²) in [6, 6.07) is 9.84. The Labute approximate surface area is 184 Å². The van der Waals surface area contributed by atoms with Gasteiger partial charge in [-0.05, 0) is 17.5 Å². The molecular formula is C23H26N4O3S. The molecule has 0 radical (unpaired) electrons. The third kappa shape index (κ3) is 4.28. The van der Waals surface area contributed by atoms with Crippen molar-refractivity contribution in [3.8, 4) is 0 Å². The van der Waals surface area contributed by atoms with Gasteiger partial charge in [0.2, 0.25) is 5.91 Å². The monoisotopic (exact) mass is 438 g/mol. The van der Waals surface area contributed by atoms with Crippen molar-refractivity contribution in [2.75, 3.05) is 39.4 Å². The van der Waals surface area contributed by atoms with Gasteiger partial charge >= 0.3 is 0 Å². The Hall–Kier alpha value is -2.55. The van der Waals surface area contributed by atoms with Crippen molar-refractivity contribution in [3.63, 3.8) is 0 Å². The normalized spacial score (nSPS) is 17.1. The minimum Gasteiger partial charge on any atom is -0.379 e. The van der Waals surface area contributed by atoms with E-state index in [1.807, 2.05) is 35.2 Å². The van der Waals surface area contributed by atoms with Crippen molar-refractivity contribution in [1.82, 2.24) is 19.4 Å². The van der Waals surface area contributed by atoms with Crippen molar-refractivity contribution in [2.45, 2.75) is 25.9 Å². The number of nitrogens with zero attached hydrogens (tertiary/aromatic N) is 4. The van der Waals surface area contributed by atoms with Gasteiger partial charge in [-0.15, -0.1) is 11.3 Å². The molecule has 162 valence electrons. The smallest absolute Gasteiger partial charge is 0.262 e. The summed E-state index contributed by atoms with van der Waals surface area (Å²) in [5.74, 6) is 0.130. The SMILES string of the molecule is O=C(Cc1ccccc1)N1CCc2c(sc3ncn(CCN4CCOCC4)c(=O)c23)C1. The molecule has 8 heteroatoms. The summed E-state index contributed by atoms with van der Waals surface area (Å²) in [7, 11) is 0. The molecule has 1 fully saturated rings. The van der Waals surface area contributed by atoms with Crippen LogP contribution >= 0.6 is 11.3 Å². The van der Waals surface area contributed by atoms with Crippen molar-refractivity contribution in [2.24, 2.45) is 0 Å². The molecule has 1 saturated heterocycles. The first-order chi connectivity index (χ1) is 15.2. The highest BCUT2D eigenvalue weighted by Crippen LogP contribution is 2.32. The average molecular weight is 439 g/mol. The molecule has 2 aliphatic rings. The van der Waals surface area contributed by atoms with Crippen LogP contribution in [0.3, 0.4) is 0 Å². The Morgan fingerprint density at radius 2 is 1.90 bits per heavy atom. The number of morpholine rings is 1. The van der Waals surface area contributed by atoms with E-state index in [9.17, 15) is 9.59 Å². The first kappa shape index (κ1) is 20.4. The molecule has 3 aromatic rings. The Kier molecular flexibility index (Phi) is 5.85. The largest absolute Gasteiger partial charge is 0.379 e. The van der Waals surface area contributed by atoms with Crippen LogP contribution in [0.1, 0.15) is 16.0 Å². The van der Waals surface area contributed by atoms with Crippen LogP contribution in [0.4, 0.5) is 0 Å². The van der Waals surface area contributed by atoms with Gasteiger partial charge in [0, 0.05) is 37.6 Å². The number of rotatable bonds is 5. The fourth-order valence-corrected chi connectivity index (χ4v) is 5.54. The van der Waals surface area contributed by atoms with E-state index in [0.29, 0.717) is 32.5 Å². The van der Waals surface area contributed by atoms with Crippen molar-refractivity contribution < 1.29 is 9.53 Å². The second kappa shape index (κ2) is 8.90. The molecule has 0 bridgehead atoms. The minimum absolute atomic E-state index is 0.0415. The highest BCUT2D eigenvalue weighted by Gasteiger charge is 2.26. The lowest BCUT2D eigenvalue weighted by molar-refractivity contribution is -0.131. The lowest BCUT2D eigenvalue weighted by atomic mass is 10.0. The first-order valence-corrected chi connectivity index (χ1v) is 11.6. The van der Waals surface area contributed by atoms with Crippen LogP contribution in [0.2, 0.25) is 0 Å². The molecule has 0 atom stereocenters. The number of benzene rings is 1. The number of carbonyl (C=O) groups excluding carboxylic acids is 1. The van der Waals surface area contributed by atoms with Gasteiger partial charge in [-0.3, -0.25) is 19.1 Å². The van der Waals surface area contributed by atoms with Crippen LogP contribution in [0.15, 0.2) is 41.5 Å². The molecule has 2 aromatic heterocycles. The molecule has 2 aliphatic heterocycles. The molecule has 7 nitrogen and oxygen atoms in total. The maximum atomic E-state index is 13.2. The van der Waals surface area contributed by atoms with Gasteiger partial charge in [0.1, 0.15) is 4.83 Å². The average Bonchev–Trinajstić information content (AvgIpc) is 3.18. The Bertz CT molecular complexity index is 1130. The molecule has 1 amide bonds. The first-order valence-electron chi connectivity index (χ1n) is 10.8. The summed E-state index contributed by atoms with van der Waals surface area (Å²) in [4.78, 5) is 36.7. The molecular weight excluding hydrogens is 412 g/mol. The van der Waals surface area contributed by atoms with E-state index >= 15 is 0 Å². The topological polar surface area (TPSA) is 67.7 Å². The van der Waals surface area contributed by atoms with Crippen molar-refractivity contribution >= 4 is 27.5 Å². The van der Waals surface area contributed by atoms with Gasteiger partial charge in [0.05, 0.1) is 37.9 Å². The lowest BCUT2D eigenvalue weighted by Gasteiger charge is -2.27. The van der Waals surface area contributed by atoms with E-state index in [1.165, 1.54) is 0 Å². The third-order valence-corrected chi connectivity index (χ3v) is 7.26. The summed E-state index contributed by atoms with van der Waals surface area (Å²) < 4.78 is 7.13. The van der Waals surface area contributed by atoms with Crippen LogP contribution in [0.25, 0.3) is 10.2 Å². The summed E-state index contributed by atoms with van der Waals surface area (Å²) in [5, 5.41) is 0.750. The van der Waals surface area contributed by atoms with E-state index in [0.717, 1.165) is 59.1 Å². The fourth-order valence-electron chi connectivity index (χ4n) is 4.35. The van der Waals surface area contributed by atoms with Gasteiger partial charge in [-0.25, -0.2) is 4.98 Å². The van der Waals surface area contributed by atoms with Gasteiger partial charge in [0.15, 0.2) is 0 Å². The molecule has 5 rings (SSSR count). The number of hydrogen-bond donors (Lipinski definition) is 0. The molecule has 1 aromatic carbocycles. The predicted molar refractivity (Wildman–Crippen MR) is 120 cm³/mol. The summed E-state index contributed by atoms with van der Waals surface area (Å²) in [6.45, 7) is 5.99. The molecule has 0 spiro atoms. The number of ether oxygens (including phenoxy) is 1. The number of carbonyl (C=O) groups is 1. The van der Waals surface area contributed by atoms with E-state index in [-0.39, 0.29) is 11.5 Å². The Morgan fingerprint density at radius 3 is 2.71 bits per heavy atom. The van der Waals surface area contributed by atoms with E-state index in [1.54, 1.807) is 22.2 Å². The van der Waals surface area contributed by atoms with E-state index < -0.39 is 0 Å². The van der Waals surface area contributed by atoms with Gasteiger partial charge in [0.25, 0.3) is 5.56 Å². The standard InChI is InChI=1S/C23H26N4O3S/c28-20(14-17-4-2-1-3-5-17)26-7-6-18-19(15-26)31-22-21(18)23(29)27(16-24-22)9-8-25-10-12-30-13-11-25/h1-5,16H,6-15H2. The van der Waals surface area contributed by atoms with Crippen LogP contribution in [0.5, 0.6) is 0 Å². The van der Waals surface area contributed by atoms with Crippen LogP contribution in [0, 0.1) is 0 Å². The van der Waals surface area contributed by atoms with E-state index in [2.05, 4.69) is 9.88 Å². The quantitative estimate of drug-likeness (QED) is 0.609. The maximum absolute atomic E-state index is 13.2. The van der Waals surface area contributed by atoms with Crippen LogP contribution in [-0.2, 0) is 35.5 Å². The summed E-state index contributed by atoms with van der Waals surface area (Å²) >= 11 is 1.55. The fraction of sp³-hybridized carbons (Fsp3) is 0.435. The van der Waals surface area contributed by atoms with Gasteiger partial charge in [-0.1, -0.05) is 30.3 Å². The molecule has 31 heavy (non-hydrogen) atoms. The predicted octanol–water partition coefficient (Wildman–Crippen LogP) is 1.92. The minimum atomic E-state index is 0.0415. The van der Waals surface area contributed by atoms with Crippen LogP contribution in [-0.4, -0.2) is 64.7 Å². The molecule has 0 N–H and O–H groups in total. The lowest BCUT2D eigenvalue weighted by Crippen LogP contribution is -2.39. The second-order valence-corrected chi connectivity index (χ2v) is 9.19. The Morgan fingerprint density at radius 1 is 1.10 bits per heavy atom. The van der Waals surface area contributed by atoms with Crippen molar-refractivity contribution in [1.29, 1.82) is 0 Å². The maximum Gasteiger partial charge on any atom is 0.262 e. The number of hydrogen-bond acceptors (Lipinski definition) is 6. The zero-order valence-electron chi connectivity index (χ0n) is 17.5. The second-order valence-electron chi connectivity index (χ2n) is 8.11. The zero-order chi connectivity index (χ0) is 21.2. The number of fused-ring (bicyclic) bond motifs is 3. The van der Waals surface area contributed by atoms with Crippen LogP contribution < -0.4 is 5.56 Å². The zero-order valence-corrected chi connectivity index (χ0v) is 18.3. The van der Waals surface area contributed by atoms with Gasteiger partial charge in [-0.2, -0.15) is 0 Å². The molecule has 4 heterocycles. The highest BCUT2D eigenvalue weighted by molar-refractivity contribution is 7.18. The third-order valence-electron chi connectivity index (χ3n) is 6.14. The van der Waals surface area contributed by atoms with E-state index in [4.69, 9.17) is 4.74 Å². The highest BCUT2D eigenvalue weighted by atomic mass is 32.1. The van der Waals surface area contributed by atoms with Crippen molar-refractivity contribution in [3.05, 3.63) is 63.0 Å². The van der Waals surface area contributed by atoms with Gasteiger partial charge < -0.3 is 9.64 Å². The summed E-state index contributed by atoms with van der Waals surface area (Å²) in [6.07, 6.45) is 2.79. The summed E-state index contributed by atoms with van der Waals surface area (Å²) in [5.41, 5.74) is 2.15. The Balaban J connectivity index is 1.32. The molecule has 0 saturated carbocycles. The molecule has 0 unspecified atom stereocenters. The molecule has 0 aliphatic carbocycles.